The van der Waals surface area contributed by atoms with Crippen molar-refractivity contribution in [1.82, 2.24) is 4.90 Å². The fourth-order valence-corrected chi connectivity index (χ4v) is 6.72. The molecule has 0 aromatic heterocycles. The summed E-state index contributed by atoms with van der Waals surface area (Å²) in [5.74, 6) is -3.92. The Kier molecular flexibility index (Phi) is 5.95. The quantitative estimate of drug-likeness (QED) is 0.256. The molecule has 0 spiro atoms. The molecule has 2 amide bonds. The van der Waals surface area contributed by atoms with Gasteiger partial charge < -0.3 is 4.74 Å². The highest BCUT2D eigenvalue weighted by atomic mass is 35.5. The van der Waals surface area contributed by atoms with Gasteiger partial charge in [-0.05, 0) is 52.4 Å². The summed E-state index contributed by atoms with van der Waals surface area (Å²) in [7, 11) is 0. The number of carbonyl (C=O) groups is 4. The summed E-state index contributed by atoms with van der Waals surface area (Å²) in [6, 6.07) is 21.2. The molecule has 2 bridgehead atoms. The van der Waals surface area contributed by atoms with Crippen LogP contribution in [0.2, 0.25) is 5.02 Å². The molecule has 1 heterocycles. The molecule has 3 aromatic carbocycles. The van der Waals surface area contributed by atoms with Crippen LogP contribution in [-0.2, 0) is 19.1 Å². The fourth-order valence-electron chi connectivity index (χ4n) is 6.59. The van der Waals surface area contributed by atoms with Crippen molar-refractivity contribution < 1.29 is 23.9 Å². The third-order valence-electron chi connectivity index (χ3n) is 8.15. The third kappa shape index (κ3) is 3.62. The lowest BCUT2D eigenvalue weighted by atomic mass is 9.55. The molecule has 3 unspecified atom stereocenters. The Morgan fingerprint density at radius 2 is 1.24 bits per heavy atom. The molecule has 3 aliphatic carbocycles. The smallest absolute Gasteiger partial charge is 0.330 e. The van der Waals surface area contributed by atoms with Gasteiger partial charge in [0.15, 0.2) is 12.4 Å². The van der Waals surface area contributed by atoms with Gasteiger partial charge in [-0.2, -0.15) is 0 Å². The van der Waals surface area contributed by atoms with Crippen LogP contribution in [0, 0.1) is 17.8 Å². The number of imide groups is 1. The molecule has 7 rings (SSSR count). The molecule has 0 N–H and O–H groups in total. The minimum Gasteiger partial charge on any atom is -0.456 e. The zero-order valence-corrected chi connectivity index (χ0v) is 21.7. The molecular formula is C31H26ClNO5. The van der Waals surface area contributed by atoms with Gasteiger partial charge in [-0.1, -0.05) is 74.0 Å². The van der Waals surface area contributed by atoms with Gasteiger partial charge in [0.2, 0.25) is 11.8 Å². The van der Waals surface area contributed by atoms with Crippen molar-refractivity contribution >= 4 is 35.2 Å². The maximum Gasteiger partial charge on any atom is 0.330 e. The normalized spacial score (nSPS) is 23.6. The summed E-state index contributed by atoms with van der Waals surface area (Å²) in [6.07, 6.45) is 0. The average molecular weight is 528 g/mol. The first-order valence-corrected chi connectivity index (χ1v) is 13.2. The topological polar surface area (TPSA) is 80.8 Å². The highest BCUT2D eigenvalue weighted by Crippen LogP contribution is 2.61. The van der Waals surface area contributed by atoms with E-state index in [4.69, 9.17) is 16.3 Å². The number of halogens is 1. The van der Waals surface area contributed by atoms with E-state index >= 15 is 0 Å². The van der Waals surface area contributed by atoms with Gasteiger partial charge in [0.1, 0.15) is 6.04 Å². The second kappa shape index (κ2) is 9.21. The van der Waals surface area contributed by atoms with Gasteiger partial charge in [-0.15, -0.1) is 0 Å². The summed E-state index contributed by atoms with van der Waals surface area (Å²) in [5.41, 5.74) is 4.63. The van der Waals surface area contributed by atoms with Crippen LogP contribution in [-0.4, -0.2) is 41.1 Å². The Balaban J connectivity index is 1.31. The van der Waals surface area contributed by atoms with Crippen molar-refractivity contribution in [3.8, 4) is 0 Å². The van der Waals surface area contributed by atoms with E-state index in [9.17, 15) is 19.2 Å². The minimum atomic E-state index is -1.12. The summed E-state index contributed by atoms with van der Waals surface area (Å²) in [6.45, 7) is 3.05. The largest absolute Gasteiger partial charge is 0.456 e. The lowest BCUT2D eigenvalue weighted by Gasteiger charge is -2.45. The van der Waals surface area contributed by atoms with Crippen molar-refractivity contribution in [2.24, 2.45) is 17.8 Å². The summed E-state index contributed by atoms with van der Waals surface area (Å²) < 4.78 is 5.40. The van der Waals surface area contributed by atoms with Crippen LogP contribution in [0.1, 0.15) is 58.3 Å². The van der Waals surface area contributed by atoms with Gasteiger partial charge in [0, 0.05) is 22.4 Å². The number of rotatable bonds is 6. The zero-order chi connectivity index (χ0) is 26.7. The van der Waals surface area contributed by atoms with Crippen molar-refractivity contribution in [2.75, 3.05) is 6.61 Å². The number of amides is 2. The molecule has 4 aliphatic rings. The van der Waals surface area contributed by atoms with Gasteiger partial charge in [-0.3, -0.25) is 19.3 Å². The van der Waals surface area contributed by atoms with Crippen LogP contribution in [0.25, 0.3) is 0 Å². The molecule has 1 saturated heterocycles. The molecule has 192 valence electrons. The molecule has 7 heteroatoms. The summed E-state index contributed by atoms with van der Waals surface area (Å²) >= 11 is 5.89. The van der Waals surface area contributed by atoms with Gasteiger partial charge in [0.05, 0.1) is 11.8 Å². The monoisotopic (exact) mass is 527 g/mol. The van der Waals surface area contributed by atoms with Crippen LogP contribution < -0.4 is 0 Å². The van der Waals surface area contributed by atoms with Crippen LogP contribution in [0.15, 0.2) is 72.8 Å². The van der Waals surface area contributed by atoms with E-state index in [1.807, 2.05) is 48.5 Å². The Hall–Kier alpha value is -3.77. The number of hydrogen-bond acceptors (Lipinski definition) is 5. The number of Topliss-reactive ketones (excluding diaryl/α,β-unsaturated/α-hetero) is 1. The standard InChI is InChI=1S/C31H26ClNO5/c1-16(2)28(31(37)38-15-23(34)17-11-13-18(32)14-12-17)33-29(35)26-24-19-7-3-4-8-20(19)25(27(26)30(33)36)22-10-6-5-9-21(22)24/h3-14,16,24-28H,15H2,1-2H3. The SMILES string of the molecule is CC(C)C(C(=O)OCC(=O)c1ccc(Cl)cc1)N1C(=O)C2C3c4ccccc4C(c4ccccc43)C2C1=O. The highest BCUT2D eigenvalue weighted by molar-refractivity contribution is 6.30. The van der Waals surface area contributed by atoms with Crippen molar-refractivity contribution in [3.05, 3.63) is 106 Å². The van der Waals surface area contributed by atoms with Crippen molar-refractivity contribution in [3.63, 3.8) is 0 Å². The van der Waals surface area contributed by atoms with E-state index in [2.05, 4.69) is 0 Å². The van der Waals surface area contributed by atoms with E-state index < -0.39 is 42.2 Å². The van der Waals surface area contributed by atoms with Crippen LogP contribution in [0.3, 0.4) is 0 Å². The second-order valence-corrected chi connectivity index (χ2v) is 11.0. The summed E-state index contributed by atoms with van der Waals surface area (Å²) in [5, 5.41) is 0.490. The second-order valence-electron chi connectivity index (χ2n) is 10.5. The molecule has 6 nitrogen and oxygen atoms in total. The van der Waals surface area contributed by atoms with Crippen molar-refractivity contribution in [2.45, 2.75) is 31.7 Å². The van der Waals surface area contributed by atoms with Gasteiger partial charge in [-0.25, -0.2) is 4.79 Å². The highest BCUT2D eigenvalue weighted by Gasteiger charge is 2.63. The summed E-state index contributed by atoms with van der Waals surface area (Å²) in [4.78, 5) is 55.1. The number of benzene rings is 3. The lowest BCUT2D eigenvalue weighted by Crippen LogP contribution is -2.49. The number of esters is 1. The van der Waals surface area contributed by atoms with E-state index in [0.717, 1.165) is 27.2 Å². The Morgan fingerprint density at radius 1 is 0.789 bits per heavy atom. The van der Waals surface area contributed by atoms with E-state index in [0.29, 0.717) is 10.6 Å². The number of likely N-dealkylation sites (tertiary alicyclic amines) is 1. The predicted molar refractivity (Wildman–Crippen MR) is 141 cm³/mol. The molecule has 1 fully saturated rings. The molecule has 3 aromatic rings. The Morgan fingerprint density at radius 3 is 1.66 bits per heavy atom. The Labute approximate surface area is 225 Å². The minimum absolute atomic E-state index is 0.255. The van der Waals surface area contributed by atoms with Gasteiger partial charge >= 0.3 is 5.97 Å². The van der Waals surface area contributed by atoms with Crippen molar-refractivity contribution in [1.29, 1.82) is 0 Å². The van der Waals surface area contributed by atoms with Gasteiger partial charge in [0.25, 0.3) is 0 Å². The maximum atomic E-state index is 14.0. The molecule has 1 aliphatic heterocycles. The molecular weight excluding hydrogens is 502 g/mol. The van der Waals surface area contributed by atoms with Crippen LogP contribution in [0.5, 0.6) is 0 Å². The third-order valence-corrected chi connectivity index (χ3v) is 8.40. The average Bonchev–Trinajstić information content (AvgIpc) is 3.18. The predicted octanol–water partition coefficient (Wildman–Crippen LogP) is 4.98. The molecule has 38 heavy (non-hydrogen) atoms. The first-order chi connectivity index (χ1) is 18.3. The Bertz CT molecular complexity index is 1360. The fraction of sp³-hybridized carbons (Fsp3) is 0.290. The number of ether oxygens (including phenoxy) is 1. The number of nitrogens with zero attached hydrogens (tertiary/aromatic N) is 1. The van der Waals surface area contributed by atoms with E-state index in [1.54, 1.807) is 38.1 Å². The number of hydrogen-bond donors (Lipinski definition) is 0. The molecule has 3 atom stereocenters. The first kappa shape index (κ1) is 24.6. The lowest BCUT2D eigenvalue weighted by molar-refractivity contribution is -0.160. The van der Waals surface area contributed by atoms with E-state index in [-0.39, 0.29) is 23.7 Å². The number of ketones is 1. The first-order valence-electron chi connectivity index (χ1n) is 12.8. The maximum absolute atomic E-state index is 14.0. The van der Waals surface area contributed by atoms with Crippen LogP contribution >= 0.6 is 11.6 Å². The molecule has 0 saturated carbocycles. The zero-order valence-electron chi connectivity index (χ0n) is 21.0. The van der Waals surface area contributed by atoms with E-state index in [1.165, 1.54) is 0 Å². The number of carbonyl (C=O) groups excluding carboxylic acids is 4. The molecule has 0 radical (unpaired) electrons. The van der Waals surface area contributed by atoms with Crippen LogP contribution in [0.4, 0.5) is 0 Å².